The molecular weight excluding hydrogens is 370 g/mol. The second-order valence-corrected chi connectivity index (χ2v) is 6.87. The number of rotatable bonds is 11. The molecule has 2 aromatic rings. The molecule has 2 amide bonds. The number of anilines is 1. The molecule has 0 spiro atoms. The number of aryl methyl sites for hydroxylation is 1. The van der Waals surface area contributed by atoms with E-state index in [0.717, 1.165) is 31.4 Å². The summed E-state index contributed by atoms with van der Waals surface area (Å²) in [6.07, 6.45) is 4.52. The monoisotopic (exact) mass is 399 g/mol. The summed E-state index contributed by atoms with van der Waals surface area (Å²) < 4.78 is 6.80. The van der Waals surface area contributed by atoms with E-state index < -0.39 is 0 Å². The SMILES string of the molecule is CCCCOCCCNC(=O)c1ccc(NC(=O)Cn2ccc(C)cc2=O)cc1. The molecular formula is C22H29N3O4. The summed E-state index contributed by atoms with van der Waals surface area (Å²) in [4.78, 5) is 36.1. The minimum absolute atomic E-state index is 0.0678. The second-order valence-electron chi connectivity index (χ2n) is 6.87. The number of pyridine rings is 1. The maximum absolute atomic E-state index is 12.1. The van der Waals surface area contributed by atoms with E-state index in [0.29, 0.717) is 24.4 Å². The van der Waals surface area contributed by atoms with Crippen LogP contribution in [0, 0.1) is 6.92 Å². The number of nitrogens with zero attached hydrogens (tertiary/aromatic N) is 1. The number of hydrogen-bond acceptors (Lipinski definition) is 4. The third-order valence-corrected chi connectivity index (χ3v) is 4.29. The van der Waals surface area contributed by atoms with Crippen LogP contribution < -0.4 is 16.2 Å². The number of ether oxygens (including phenoxy) is 1. The van der Waals surface area contributed by atoms with E-state index in [1.54, 1.807) is 36.5 Å². The van der Waals surface area contributed by atoms with Gasteiger partial charge in [0.25, 0.3) is 11.5 Å². The van der Waals surface area contributed by atoms with E-state index in [9.17, 15) is 14.4 Å². The van der Waals surface area contributed by atoms with Gasteiger partial charge in [-0.1, -0.05) is 13.3 Å². The molecule has 0 saturated heterocycles. The van der Waals surface area contributed by atoms with Gasteiger partial charge >= 0.3 is 0 Å². The van der Waals surface area contributed by atoms with Gasteiger partial charge in [0.1, 0.15) is 6.54 Å². The summed E-state index contributed by atoms with van der Waals surface area (Å²) in [6, 6.07) is 9.90. The molecule has 0 radical (unpaired) electrons. The molecule has 0 bridgehead atoms. The summed E-state index contributed by atoms with van der Waals surface area (Å²) in [5.41, 5.74) is 1.72. The first-order chi connectivity index (χ1) is 14.0. The van der Waals surface area contributed by atoms with Gasteiger partial charge in [-0.05, 0) is 55.7 Å². The Morgan fingerprint density at radius 2 is 1.79 bits per heavy atom. The zero-order valence-corrected chi connectivity index (χ0v) is 17.1. The van der Waals surface area contributed by atoms with Gasteiger partial charge in [0.2, 0.25) is 5.91 Å². The summed E-state index contributed by atoms with van der Waals surface area (Å²) in [7, 11) is 0. The van der Waals surface area contributed by atoms with Gasteiger partial charge in [0, 0.05) is 43.3 Å². The van der Waals surface area contributed by atoms with Gasteiger partial charge in [0.05, 0.1) is 0 Å². The third kappa shape index (κ3) is 7.91. The van der Waals surface area contributed by atoms with E-state index in [2.05, 4.69) is 17.6 Å². The van der Waals surface area contributed by atoms with Gasteiger partial charge in [-0.25, -0.2) is 0 Å². The molecule has 0 saturated carbocycles. The molecule has 156 valence electrons. The van der Waals surface area contributed by atoms with E-state index in [-0.39, 0.29) is 23.9 Å². The fraction of sp³-hybridized carbons (Fsp3) is 0.409. The highest BCUT2D eigenvalue weighted by Crippen LogP contribution is 2.10. The van der Waals surface area contributed by atoms with Gasteiger partial charge in [-0.3, -0.25) is 14.4 Å². The average molecular weight is 399 g/mol. The van der Waals surface area contributed by atoms with Crippen molar-refractivity contribution in [1.29, 1.82) is 0 Å². The summed E-state index contributed by atoms with van der Waals surface area (Å²) >= 11 is 0. The van der Waals surface area contributed by atoms with Crippen molar-refractivity contribution < 1.29 is 14.3 Å². The van der Waals surface area contributed by atoms with Crippen LogP contribution in [-0.4, -0.2) is 36.1 Å². The Morgan fingerprint density at radius 3 is 2.48 bits per heavy atom. The second kappa shape index (κ2) is 11.8. The Bertz CT molecular complexity index is 859. The number of aromatic nitrogens is 1. The number of carbonyl (C=O) groups is 2. The van der Waals surface area contributed by atoms with Crippen molar-refractivity contribution in [1.82, 2.24) is 9.88 Å². The number of carbonyl (C=O) groups excluding carboxylic acids is 2. The average Bonchev–Trinajstić information content (AvgIpc) is 2.70. The maximum atomic E-state index is 12.1. The van der Waals surface area contributed by atoms with Gasteiger partial charge in [0.15, 0.2) is 0 Å². The lowest BCUT2D eigenvalue weighted by molar-refractivity contribution is -0.116. The quantitative estimate of drug-likeness (QED) is 0.569. The Hall–Kier alpha value is -2.93. The molecule has 7 nitrogen and oxygen atoms in total. The van der Waals surface area contributed by atoms with Crippen LogP contribution in [0.15, 0.2) is 47.4 Å². The van der Waals surface area contributed by atoms with Crippen LogP contribution in [-0.2, 0) is 16.1 Å². The summed E-state index contributed by atoms with van der Waals surface area (Å²) in [6.45, 7) is 5.82. The Labute approximate surface area is 171 Å². The van der Waals surface area contributed by atoms with Crippen molar-refractivity contribution in [2.75, 3.05) is 25.1 Å². The first kappa shape index (κ1) is 22.4. The normalized spacial score (nSPS) is 10.6. The summed E-state index contributed by atoms with van der Waals surface area (Å²) in [5, 5.41) is 5.58. The largest absolute Gasteiger partial charge is 0.381 e. The molecule has 0 atom stereocenters. The van der Waals surface area contributed by atoms with Crippen LogP contribution in [0.2, 0.25) is 0 Å². The molecule has 1 aromatic heterocycles. The van der Waals surface area contributed by atoms with E-state index in [1.165, 1.54) is 10.6 Å². The van der Waals surface area contributed by atoms with Gasteiger partial charge < -0.3 is 19.9 Å². The lowest BCUT2D eigenvalue weighted by atomic mass is 10.2. The predicted octanol–water partition coefficient (Wildman–Crippen LogP) is 2.73. The highest BCUT2D eigenvalue weighted by molar-refractivity contribution is 5.95. The third-order valence-electron chi connectivity index (χ3n) is 4.29. The number of unbranched alkanes of at least 4 members (excludes halogenated alkanes) is 1. The lowest BCUT2D eigenvalue weighted by Gasteiger charge is -2.09. The van der Waals surface area contributed by atoms with Crippen molar-refractivity contribution in [3.8, 4) is 0 Å². The molecule has 0 aliphatic rings. The fourth-order valence-corrected chi connectivity index (χ4v) is 2.62. The first-order valence-electron chi connectivity index (χ1n) is 9.92. The number of benzene rings is 1. The molecule has 29 heavy (non-hydrogen) atoms. The van der Waals surface area contributed by atoms with Crippen molar-refractivity contribution >= 4 is 17.5 Å². The minimum Gasteiger partial charge on any atom is -0.381 e. The molecule has 0 fully saturated rings. The topological polar surface area (TPSA) is 89.4 Å². The smallest absolute Gasteiger partial charge is 0.251 e. The maximum Gasteiger partial charge on any atom is 0.251 e. The summed E-state index contributed by atoms with van der Waals surface area (Å²) in [5.74, 6) is -0.473. The molecule has 2 N–H and O–H groups in total. The standard InChI is InChI=1S/C22H29N3O4/c1-3-4-13-29-14-5-11-23-22(28)18-6-8-19(9-7-18)24-20(26)16-25-12-10-17(2)15-21(25)27/h6-10,12,15H,3-5,11,13-14,16H2,1-2H3,(H,23,28)(H,24,26). The zero-order chi connectivity index (χ0) is 21.1. The fourth-order valence-electron chi connectivity index (χ4n) is 2.62. The first-order valence-corrected chi connectivity index (χ1v) is 9.92. The van der Waals surface area contributed by atoms with Crippen molar-refractivity contribution in [3.05, 3.63) is 64.1 Å². The minimum atomic E-state index is -0.309. The van der Waals surface area contributed by atoms with Crippen LogP contribution in [0.25, 0.3) is 0 Å². The highest BCUT2D eigenvalue weighted by Gasteiger charge is 2.08. The lowest BCUT2D eigenvalue weighted by Crippen LogP contribution is -2.27. The van der Waals surface area contributed by atoms with Gasteiger partial charge in [-0.15, -0.1) is 0 Å². The van der Waals surface area contributed by atoms with Crippen LogP contribution in [0.3, 0.4) is 0 Å². The molecule has 7 heteroatoms. The predicted molar refractivity (Wildman–Crippen MR) is 113 cm³/mol. The Balaban J connectivity index is 1.76. The van der Waals surface area contributed by atoms with Crippen LogP contribution in [0.5, 0.6) is 0 Å². The Morgan fingerprint density at radius 1 is 1.07 bits per heavy atom. The van der Waals surface area contributed by atoms with Crippen LogP contribution >= 0.6 is 0 Å². The molecule has 2 rings (SSSR count). The van der Waals surface area contributed by atoms with Gasteiger partial charge in [-0.2, -0.15) is 0 Å². The number of nitrogens with one attached hydrogen (secondary N) is 2. The number of amides is 2. The molecule has 1 aromatic carbocycles. The van der Waals surface area contributed by atoms with Crippen molar-refractivity contribution in [2.24, 2.45) is 0 Å². The number of hydrogen-bond donors (Lipinski definition) is 2. The van der Waals surface area contributed by atoms with Crippen molar-refractivity contribution in [2.45, 2.75) is 39.7 Å². The zero-order valence-electron chi connectivity index (χ0n) is 17.1. The van der Waals surface area contributed by atoms with E-state index in [1.807, 2.05) is 6.92 Å². The highest BCUT2D eigenvalue weighted by atomic mass is 16.5. The van der Waals surface area contributed by atoms with Crippen molar-refractivity contribution in [3.63, 3.8) is 0 Å². The van der Waals surface area contributed by atoms with E-state index in [4.69, 9.17) is 4.74 Å². The Kier molecular flexibility index (Phi) is 9.11. The molecule has 0 aliphatic carbocycles. The molecule has 1 heterocycles. The van der Waals surface area contributed by atoms with Crippen LogP contribution in [0.4, 0.5) is 5.69 Å². The molecule has 0 unspecified atom stereocenters. The molecule has 0 aliphatic heterocycles. The van der Waals surface area contributed by atoms with Crippen LogP contribution in [0.1, 0.15) is 42.1 Å². The van der Waals surface area contributed by atoms with E-state index >= 15 is 0 Å².